The summed E-state index contributed by atoms with van der Waals surface area (Å²) in [5.41, 5.74) is -1.26. The number of amides is 1. The molecule has 0 aromatic rings. The average Bonchev–Trinajstić information content (AvgIpc) is 3.04. The summed E-state index contributed by atoms with van der Waals surface area (Å²) in [6, 6.07) is 0. The fraction of sp³-hybridized carbons (Fsp3) is 0.882. The third kappa shape index (κ3) is 4.23. The molecule has 2 rings (SSSR count). The Morgan fingerprint density at radius 1 is 1.13 bits per heavy atom. The predicted molar refractivity (Wildman–Crippen MR) is 85.1 cm³/mol. The van der Waals surface area contributed by atoms with Crippen molar-refractivity contribution >= 4 is 11.9 Å². The van der Waals surface area contributed by atoms with Gasteiger partial charge in [-0.15, -0.1) is 0 Å². The van der Waals surface area contributed by atoms with Crippen LogP contribution in [-0.4, -0.2) is 50.0 Å². The number of carboxylic acid groups (broad SMARTS) is 1. The molecule has 1 saturated heterocycles. The Hall–Kier alpha value is -1.14. The van der Waals surface area contributed by atoms with E-state index in [-0.39, 0.29) is 17.9 Å². The molecule has 2 aliphatic rings. The summed E-state index contributed by atoms with van der Waals surface area (Å²) in [5.74, 6) is -0.835. The minimum Gasteiger partial charge on any atom is -0.481 e. The molecule has 0 bridgehead atoms. The topological polar surface area (TPSA) is 84.9 Å². The van der Waals surface area contributed by atoms with E-state index in [9.17, 15) is 14.7 Å². The standard InChI is InChI=1S/C17H29NO5/c1-2-22-10-7-16(5-3-4-6-16)14(19)18-13-17(15(20)21)8-11-23-12-9-17/h2-13H2,1H3,(H,18,19)(H,20,21). The second kappa shape index (κ2) is 8.11. The zero-order valence-corrected chi connectivity index (χ0v) is 14.1. The van der Waals surface area contributed by atoms with Crippen LogP contribution in [0.3, 0.4) is 0 Å². The summed E-state index contributed by atoms with van der Waals surface area (Å²) >= 11 is 0. The second-order valence-electron chi connectivity index (χ2n) is 6.81. The van der Waals surface area contributed by atoms with Gasteiger partial charge >= 0.3 is 5.97 Å². The van der Waals surface area contributed by atoms with Gasteiger partial charge in [0.2, 0.25) is 5.91 Å². The maximum atomic E-state index is 12.8. The van der Waals surface area contributed by atoms with E-state index in [1.54, 1.807) is 0 Å². The lowest BCUT2D eigenvalue weighted by Crippen LogP contribution is -2.50. The highest BCUT2D eigenvalue weighted by molar-refractivity contribution is 5.84. The van der Waals surface area contributed by atoms with Crippen molar-refractivity contribution in [2.45, 2.75) is 51.9 Å². The predicted octanol–water partition coefficient (Wildman–Crippen LogP) is 1.97. The van der Waals surface area contributed by atoms with Crippen molar-refractivity contribution in [2.24, 2.45) is 10.8 Å². The normalized spacial score (nSPS) is 22.7. The van der Waals surface area contributed by atoms with Crippen molar-refractivity contribution in [1.82, 2.24) is 5.32 Å². The van der Waals surface area contributed by atoms with Crippen LogP contribution in [0.4, 0.5) is 0 Å². The summed E-state index contributed by atoms with van der Waals surface area (Å²) in [7, 11) is 0. The van der Waals surface area contributed by atoms with Crippen LogP contribution in [0.1, 0.15) is 51.9 Å². The Bertz CT molecular complexity index is 411. The highest BCUT2D eigenvalue weighted by Gasteiger charge is 2.44. The van der Waals surface area contributed by atoms with Gasteiger partial charge in [0.1, 0.15) is 0 Å². The summed E-state index contributed by atoms with van der Waals surface area (Å²) in [4.78, 5) is 24.5. The van der Waals surface area contributed by atoms with Gasteiger partial charge in [-0.25, -0.2) is 0 Å². The molecule has 0 aromatic heterocycles. The quantitative estimate of drug-likeness (QED) is 0.666. The van der Waals surface area contributed by atoms with E-state index >= 15 is 0 Å². The van der Waals surface area contributed by atoms with Crippen LogP contribution < -0.4 is 5.32 Å². The minimum atomic E-state index is -0.881. The molecule has 0 aromatic carbocycles. The molecular formula is C17H29NO5. The number of nitrogens with one attached hydrogen (secondary N) is 1. The molecule has 2 N–H and O–H groups in total. The largest absolute Gasteiger partial charge is 0.481 e. The van der Waals surface area contributed by atoms with Crippen molar-refractivity contribution in [1.29, 1.82) is 0 Å². The molecule has 0 spiro atoms. The number of carboxylic acids is 1. The van der Waals surface area contributed by atoms with E-state index in [1.165, 1.54) is 0 Å². The Labute approximate surface area is 137 Å². The van der Waals surface area contributed by atoms with Crippen LogP contribution in [0.2, 0.25) is 0 Å². The van der Waals surface area contributed by atoms with Crippen LogP contribution in [0, 0.1) is 10.8 Å². The van der Waals surface area contributed by atoms with Gasteiger partial charge in [-0.2, -0.15) is 0 Å². The second-order valence-corrected chi connectivity index (χ2v) is 6.81. The first kappa shape index (κ1) is 18.2. The fourth-order valence-corrected chi connectivity index (χ4v) is 3.72. The first-order valence-corrected chi connectivity index (χ1v) is 8.72. The first-order chi connectivity index (χ1) is 11.0. The van der Waals surface area contributed by atoms with Gasteiger partial charge < -0.3 is 19.9 Å². The van der Waals surface area contributed by atoms with Crippen molar-refractivity contribution in [3.8, 4) is 0 Å². The average molecular weight is 327 g/mol. The van der Waals surface area contributed by atoms with Gasteiger partial charge in [-0.3, -0.25) is 9.59 Å². The minimum absolute atomic E-state index is 0.00169. The van der Waals surface area contributed by atoms with Crippen LogP contribution in [0.25, 0.3) is 0 Å². The molecule has 1 heterocycles. The lowest BCUT2D eigenvalue weighted by Gasteiger charge is -2.35. The van der Waals surface area contributed by atoms with Gasteiger partial charge in [-0.1, -0.05) is 12.8 Å². The number of ether oxygens (including phenoxy) is 2. The molecule has 132 valence electrons. The smallest absolute Gasteiger partial charge is 0.311 e. The lowest BCUT2D eigenvalue weighted by molar-refractivity contribution is -0.155. The Morgan fingerprint density at radius 2 is 1.78 bits per heavy atom. The SMILES string of the molecule is CCOCCC1(C(=O)NCC2(C(=O)O)CCOCC2)CCCC1. The van der Waals surface area contributed by atoms with Gasteiger partial charge in [-0.05, 0) is 39.0 Å². The highest BCUT2D eigenvalue weighted by atomic mass is 16.5. The summed E-state index contributed by atoms with van der Waals surface area (Å²) in [6.07, 6.45) is 5.47. The highest BCUT2D eigenvalue weighted by Crippen LogP contribution is 2.41. The monoisotopic (exact) mass is 327 g/mol. The van der Waals surface area contributed by atoms with E-state index in [4.69, 9.17) is 9.47 Å². The summed E-state index contributed by atoms with van der Waals surface area (Å²) in [6.45, 7) is 4.26. The van der Waals surface area contributed by atoms with Crippen LogP contribution in [-0.2, 0) is 19.1 Å². The van der Waals surface area contributed by atoms with Gasteiger partial charge in [0.25, 0.3) is 0 Å². The number of hydrogen-bond acceptors (Lipinski definition) is 4. The molecular weight excluding hydrogens is 298 g/mol. The number of hydrogen-bond donors (Lipinski definition) is 2. The third-order valence-corrected chi connectivity index (χ3v) is 5.46. The maximum Gasteiger partial charge on any atom is 0.311 e. The molecule has 0 radical (unpaired) electrons. The molecule has 6 nitrogen and oxygen atoms in total. The zero-order chi connectivity index (χ0) is 16.8. The van der Waals surface area contributed by atoms with Crippen molar-refractivity contribution in [3.63, 3.8) is 0 Å². The molecule has 0 atom stereocenters. The molecule has 1 saturated carbocycles. The van der Waals surface area contributed by atoms with Crippen molar-refractivity contribution in [3.05, 3.63) is 0 Å². The lowest BCUT2D eigenvalue weighted by atomic mass is 9.78. The van der Waals surface area contributed by atoms with E-state index < -0.39 is 11.4 Å². The third-order valence-electron chi connectivity index (χ3n) is 5.46. The van der Waals surface area contributed by atoms with E-state index in [1.807, 2.05) is 6.92 Å². The Balaban J connectivity index is 1.96. The first-order valence-electron chi connectivity index (χ1n) is 8.72. The zero-order valence-electron chi connectivity index (χ0n) is 14.1. The van der Waals surface area contributed by atoms with E-state index in [0.717, 1.165) is 32.1 Å². The van der Waals surface area contributed by atoms with Gasteiger partial charge in [0.05, 0.1) is 10.8 Å². The van der Waals surface area contributed by atoms with Crippen LogP contribution >= 0.6 is 0 Å². The van der Waals surface area contributed by atoms with E-state index in [0.29, 0.717) is 39.3 Å². The maximum absolute atomic E-state index is 12.8. The van der Waals surface area contributed by atoms with Gasteiger partial charge in [0, 0.05) is 33.0 Å². The van der Waals surface area contributed by atoms with Crippen LogP contribution in [0.5, 0.6) is 0 Å². The summed E-state index contributed by atoms with van der Waals surface area (Å²) < 4.78 is 10.7. The fourth-order valence-electron chi connectivity index (χ4n) is 3.72. The number of carbonyl (C=O) groups is 2. The van der Waals surface area contributed by atoms with Crippen molar-refractivity contribution < 1.29 is 24.2 Å². The molecule has 23 heavy (non-hydrogen) atoms. The van der Waals surface area contributed by atoms with Gasteiger partial charge in [0.15, 0.2) is 0 Å². The Kier molecular flexibility index (Phi) is 6.41. The molecule has 1 amide bonds. The molecule has 0 unspecified atom stereocenters. The number of carbonyl (C=O) groups excluding carboxylic acids is 1. The van der Waals surface area contributed by atoms with Crippen molar-refractivity contribution in [2.75, 3.05) is 33.0 Å². The number of rotatable bonds is 8. The van der Waals surface area contributed by atoms with Crippen LogP contribution in [0.15, 0.2) is 0 Å². The molecule has 6 heteroatoms. The number of aliphatic carboxylic acids is 1. The molecule has 1 aliphatic heterocycles. The van der Waals surface area contributed by atoms with E-state index in [2.05, 4.69) is 5.32 Å². The summed E-state index contributed by atoms with van der Waals surface area (Å²) in [5, 5.41) is 12.5. The molecule has 2 fully saturated rings. The Morgan fingerprint density at radius 3 is 2.35 bits per heavy atom. The molecule has 1 aliphatic carbocycles.